The highest BCUT2D eigenvalue weighted by atomic mass is 32.2. The molecule has 7 heteroatoms. The summed E-state index contributed by atoms with van der Waals surface area (Å²) in [6.45, 7) is 0. The molecule has 0 unspecified atom stereocenters. The van der Waals surface area contributed by atoms with E-state index in [-0.39, 0.29) is 0 Å². The predicted molar refractivity (Wildman–Crippen MR) is 78.3 cm³/mol. The van der Waals surface area contributed by atoms with Crippen LogP contribution in [0.15, 0.2) is 34.9 Å². The Morgan fingerprint density at radius 1 is 1.37 bits per heavy atom. The first kappa shape index (κ1) is 12.6. The molecule has 1 aromatic carbocycles. The summed E-state index contributed by atoms with van der Waals surface area (Å²) >= 11 is 4.17. The Morgan fingerprint density at radius 3 is 2.95 bits per heavy atom. The SMILES string of the molecule is O=C(O)c1sc2ccccc2c1CSc1ncns1. The summed E-state index contributed by atoms with van der Waals surface area (Å²) in [7, 11) is 0. The van der Waals surface area contributed by atoms with Crippen molar-refractivity contribution < 1.29 is 9.90 Å². The van der Waals surface area contributed by atoms with Crippen LogP contribution >= 0.6 is 34.6 Å². The van der Waals surface area contributed by atoms with E-state index in [9.17, 15) is 9.90 Å². The second-order valence-corrected chi connectivity index (χ2v) is 6.76. The third-order valence-electron chi connectivity index (χ3n) is 2.57. The predicted octanol–water partition coefficient (Wildman–Crippen LogP) is 3.74. The summed E-state index contributed by atoms with van der Waals surface area (Å²) in [5.41, 5.74) is 0.869. The molecule has 3 rings (SSSR count). The maximum absolute atomic E-state index is 11.3. The fraction of sp³-hybridized carbons (Fsp3) is 0.0833. The van der Waals surface area contributed by atoms with E-state index < -0.39 is 5.97 Å². The molecule has 0 aliphatic rings. The van der Waals surface area contributed by atoms with Gasteiger partial charge in [0.1, 0.15) is 11.2 Å². The van der Waals surface area contributed by atoms with Crippen molar-refractivity contribution in [3.8, 4) is 0 Å². The Kier molecular flexibility index (Phi) is 3.50. The lowest BCUT2D eigenvalue weighted by Crippen LogP contribution is -1.96. The molecule has 0 radical (unpaired) electrons. The van der Waals surface area contributed by atoms with Gasteiger partial charge >= 0.3 is 5.97 Å². The van der Waals surface area contributed by atoms with E-state index in [1.54, 1.807) is 0 Å². The summed E-state index contributed by atoms with van der Waals surface area (Å²) in [5, 5.41) is 10.3. The van der Waals surface area contributed by atoms with Crippen LogP contribution < -0.4 is 0 Å². The number of aromatic nitrogens is 2. The normalized spacial score (nSPS) is 10.9. The van der Waals surface area contributed by atoms with E-state index in [1.807, 2.05) is 24.3 Å². The highest BCUT2D eigenvalue weighted by Crippen LogP contribution is 2.35. The molecular formula is C12H8N2O2S3. The molecule has 0 atom stereocenters. The third kappa shape index (κ3) is 2.49. The Labute approximate surface area is 121 Å². The maximum Gasteiger partial charge on any atom is 0.346 e. The van der Waals surface area contributed by atoms with E-state index in [2.05, 4.69) is 9.36 Å². The zero-order valence-electron chi connectivity index (χ0n) is 9.57. The van der Waals surface area contributed by atoms with E-state index in [1.165, 1.54) is 41.0 Å². The second-order valence-electron chi connectivity index (χ2n) is 3.71. The molecule has 1 N–H and O–H groups in total. The van der Waals surface area contributed by atoms with Gasteiger partial charge in [0.05, 0.1) is 0 Å². The number of carboxylic acid groups (broad SMARTS) is 1. The summed E-state index contributed by atoms with van der Waals surface area (Å²) in [5.74, 6) is -0.269. The molecule has 0 saturated heterocycles. The van der Waals surface area contributed by atoms with E-state index in [0.29, 0.717) is 10.6 Å². The molecule has 0 amide bonds. The number of carboxylic acids is 1. The second kappa shape index (κ2) is 5.28. The minimum atomic E-state index is -0.867. The van der Waals surface area contributed by atoms with Crippen molar-refractivity contribution in [2.45, 2.75) is 10.1 Å². The molecule has 0 bridgehead atoms. The monoisotopic (exact) mass is 308 g/mol. The highest BCUT2D eigenvalue weighted by Gasteiger charge is 2.17. The minimum absolute atomic E-state index is 0.415. The van der Waals surface area contributed by atoms with E-state index in [4.69, 9.17) is 0 Å². The van der Waals surface area contributed by atoms with Crippen LogP contribution in [0.5, 0.6) is 0 Å². The van der Waals surface area contributed by atoms with Crippen molar-refractivity contribution >= 4 is 50.7 Å². The Hall–Kier alpha value is -1.44. The molecule has 0 aliphatic carbocycles. The van der Waals surface area contributed by atoms with Gasteiger partial charge in [0, 0.05) is 10.5 Å². The van der Waals surface area contributed by atoms with Crippen molar-refractivity contribution in [3.63, 3.8) is 0 Å². The van der Waals surface area contributed by atoms with Crippen LogP contribution in [0.1, 0.15) is 15.2 Å². The van der Waals surface area contributed by atoms with Crippen LogP contribution in [0.4, 0.5) is 0 Å². The average Bonchev–Trinajstić information content (AvgIpc) is 3.03. The van der Waals surface area contributed by atoms with Gasteiger partial charge in [-0.05, 0) is 28.5 Å². The molecule has 19 heavy (non-hydrogen) atoms. The van der Waals surface area contributed by atoms with Crippen molar-refractivity contribution in [1.29, 1.82) is 0 Å². The molecule has 2 aromatic heterocycles. The number of nitrogens with zero attached hydrogens (tertiary/aromatic N) is 2. The zero-order chi connectivity index (χ0) is 13.2. The molecule has 2 heterocycles. The highest BCUT2D eigenvalue weighted by molar-refractivity contribution is 8.00. The van der Waals surface area contributed by atoms with E-state index in [0.717, 1.165) is 20.0 Å². The van der Waals surface area contributed by atoms with Gasteiger partial charge in [-0.3, -0.25) is 0 Å². The van der Waals surface area contributed by atoms with Crippen LogP contribution in [-0.2, 0) is 5.75 Å². The number of benzene rings is 1. The van der Waals surface area contributed by atoms with Gasteiger partial charge in [0.15, 0.2) is 4.34 Å². The van der Waals surface area contributed by atoms with Gasteiger partial charge < -0.3 is 5.11 Å². The average molecular weight is 308 g/mol. The number of fused-ring (bicyclic) bond motifs is 1. The Bertz CT molecular complexity index is 722. The van der Waals surface area contributed by atoms with Gasteiger partial charge in [-0.15, -0.1) is 11.3 Å². The molecule has 0 aliphatic heterocycles. The third-order valence-corrected chi connectivity index (χ3v) is 5.60. The van der Waals surface area contributed by atoms with Crippen molar-refractivity contribution in [3.05, 3.63) is 41.0 Å². The molecule has 0 fully saturated rings. The van der Waals surface area contributed by atoms with Gasteiger partial charge in [0.25, 0.3) is 0 Å². The van der Waals surface area contributed by atoms with Crippen LogP contribution in [0, 0.1) is 0 Å². The van der Waals surface area contributed by atoms with Crippen LogP contribution in [0.3, 0.4) is 0 Å². The van der Waals surface area contributed by atoms with Crippen LogP contribution in [0.25, 0.3) is 10.1 Å². The molecule has 96 valence electrons. The lowest BCUT2D eigenvalue weighted by molar-refractivity contribution is 0.0701. The summed E-state index contributed by atoms with van der Waals surface area (Å²) in [6.07, 6.45) is 1.51. The molecule has 0 saturated carbocycles. The van der Waals surface area contributed by atoms with Gasteiger partial charge in [0.2, 0.25) is 0 Å². The molecular weight excluding hydrogens is 300 g/mol. The van der Waals surface area contributed by atoms with Crippen molar-refractivity contribution in [2.75, 3.05) is 0 Å². The van der Waals surface area contributed by atoms with Crippen molar-refractivity contribution in [1.82, 2.24) is 9.36 Å². The van der Waals surface area contributed by atoms with Crippen LogP contribution in [0.2, 0.25) is 0 Å². The first-order chi connectivity index (χ1) is 9.25. The Balaban J connectivity index is 2.00. The minimum Gasteiger partial charge on any atom is -0.477 e. The summed E-state index contributed by atoms with van der Waals surface area (Å²) in [6, 6.07) is 7.77. The quantitative estimate of drug-likeness (QED) is 0.744. The summed E-state index contributed by atoms with van der Waals surface area (Å²) in [4.78, 5) is 15.8. The van der Waals surface area contributed by atoms with Crippen LogP contribution in [-0.4, -0.2) is 20.4 Å². The number of rotatable bonds is 4. The summed E-state index contributed by atoms with van der Waals surface area (Å²) < 4.78 is 5.80. The number of thiophene rings is 1. The fourth-order valence-electron chi connectivity index (χ4n) is 1.78. The number of hydrogen-bond donors (Lipinski definition) is 1. The number of hydrogen-bond acceptors (Lipinski definition) is 6. The molecule has 4 nitrogen and oxygen atoms in total. The number of thioether (sulfide) groups is 1. The Morgan fingerprint density at radius 2 is 2.21 bits per heavy atom. The molecule has 3 aromatic rings. The first-order valence-corrected chi connectivity index (χ1v) is 7.96. The number of carbonyl (C=O) groups is 1. The van der Waals surface area contributed by atoms with Crippen molar-refractivity contribution in [2.24, 2.45) is 0 Å². The smallest absolute Gasteiger partial charge is 0.346 e. The zero-order valence-corrected chi connectivity index (χ0v) is 12.0. The lowest BCUT2D eigenvalue weighted by Gasteiger charge is -1.99. The lowest BCUT2D eigenvalue weighted by atomic mass is 10.1. The van der Waals surface area contributed by atoms with Gasteiger partial charge in [-0.2, -0.15) is 4.37 Å². The molecule has 0 spiro atoms. The number of aromatic carboxylic acids is 1. The standard InChI is InChI=1S/C12H8N2O2S3/c15-11(16)10-8(5-17-12-13-6-14-19-12)7-3-1-2-4-9(7)18-10/h1-4,6H,5H2,(H,15,16). The van der Waals surface area contributed by atoms with Gasteiger partial charge in [-0.1, -0.05) is 30.0 Å². The first-order valence-electron chi connectivity index (χ1n) is 5.39. The van der Waals surface area contributed by atoms with E-state index >= 15 is 0 Å². The maximum atomic E-state index is 11.3. The topological polar surface area (TPSA) is 63.1 Å². The fourth-order valence-corrected chi connectivity index (χ4v) is 4.41. The van der Waals surface area contributed by atoms with Gasteiger partial charge in [-0.25, -0.2) is 9.78 Å². The largest absolute Gasteiger partial charge is 0.477 e.